The van der Waals surface area contributed by atoms with Crippen molar-refractivity contribution in [2.75, 3.05) is 13.1 Å². The molecule has 1 amide bonds. The normalized spacial score (nSPS) is 16.8. The highest BCUT2D eigenvalue weighted by molar-refractivity contribution is 5.89. The first-order chi connectivity index (χ1) is 14.0. The summed E-state index contributed by atoms with van der Waals surface area (Å²) in [6.07, 6.45) is 4.54. The van der Waals surface area contributed by atoms with Crippen molar-refractivity contribution in [3.63, 3.8) is 0 Å². The van der Waals surface area contributed by atoms with Crippen LogP contribution in [0.25, 0.3) is 10.9 Å². The Bertz CT molecular complexity index is 1150. The van der Waals surface area contributed by atoms with Crippen molar-refractivity contribution in [1.82, 2.24) is 14.0 Å². The summed E-state index contributed by atoms with van der Waals surface area (Å²) in [6, 6.07) is 12.0. The second-order valence-corrected chi connectivity index (χ2v) is 8.27. The zero-order valence-electron chi connectivity index (χ0n) is 16.8. The molecule has 0 bridgehead atoms. The summed E-state index contributed by atoms with van der Waals surface area (Å²) in [5.41, 5.74) is 3.14. The Balaban J connectivity index is 1.21. The van der Waals surface area contributed by atoms with Crippen LogP contribution in [0.4, 0.5) is 0 Å². The molecule has 1 aliphatic heterocycles. The van der Waals surface area contributed by atoms with Gasteiger partial charge >= 0.3 is 0 Å². The molecule has 3 heterocycles. The van der Waals surface area contributed by atoms with Crippen molar-refractivity contribution in [2.45, 2.75) is 38.3 Å². The minimum Gasteiger partial charge on any atom is -0.486 e. The van der Waals surface area contributed by atoms with Crippen molar-refractivity contribution in [3.8, 4) is 5.75 Å². The predicted octanol–water partition coefficient (Wildman–Crippen LogP) is 2.82. The molecule has 0 unspecified atom stereocenters. The lowest BCUT2D eigenvalue weighted by Crippen LogP contribution is -2.56. The van der Waals surface area contributed by atoms with Gasteiger partial charge in [0.1, 0.15) is 11.9 Å². The largest absolute Gasteiger partial charge is 0.486 e. The number of carbonyl (C=O) groups is 1. The second-order valence-electron chi connectivity index (χ2n) is 8.27. The number of nitrogens with zero attached hydrogens (tertiary/aromatic N) is 3. The van der Waals surface area contributed by atoms with Crippen molar-refractivity contribution in [3.05, 3.63) is 64.2 Å². The molecule has 5 rings (SSSR count). The summed E-state index contributed by atoms with van der Waals surface area (Å²) in [5.74, 6) is 0.720. The van der Waals surface area contributed by atoms with E-state index < -0.39 is 0 Å². The molecule has 1 aromatic carbocycles. The second kappa shape index (κ2) is 6.79. The van der Waals surface area contributed by atoms with Gasteiger partial charge in [-0.2, -0.15) is 0 Å². The highest BCUT2D eigenvalue weighted by Gasteiger charge is 2.33. The average Bonchev–Trinajstić information content (AvgIpc) is 3.43. The Kier molecular flexibility index (Phi) is 4.23. The third-order valence-corrected chi connectivity index (χ3v) is 5.97. The topological polar surface area (TPSA) is 56.5 Å². The predicted molar refractivity (Wildman–Crippen MR) is 111 cm³/mol. The fourth-order valence-corrected chi connectivity index (χ4v) is 4.30. The molecule has 0 radical (unpaired) electrons. The molecule has 0 spiro atoms. The first kappa shape index (κ1) is 18.0. The van der Waals surface area contributed by atoms with Gasteiger partial charge < -0.3 is 18.8 Å². The molecule has 29 heavy (non-hydrogen) atoms. The van der Waals surface area contributed by atoms with Crippen LogP contribution in [0.3, 0.4) is 0 Å². The first-order valence-corrected chi connectivity index (χ1v) is 10.2. The van der Waals surface area contributed by atoms with Gasteiger partial charge in [-0.1, -0.05) is 18.2 Å². The lowest BCUT2D eigenvalue weighted by Gasteiger charge is -2.39. The van der Waals surface area contributed by atoms with E-state index in [4.69, 9.17) is 4.74 Å². The van der Waals surface area contributed by atoms with Gasteiger partial charge in [0, 0.05) is 41.9 Å². The van der Waals surface area contributed by atoms with Gasteiger partial charge in [0.15, 0.2) is 0 Å². The molecule has 0 N–H and O–H groups in total. The molecule has 1 saturated heterocycles. The summed E-state index contributed by atoms with van der Waals surface area (Å²) < 4.78 is 9.88. The number of para-hydroxylation sites is 1. The van der Waals surface area contributed by atoms with Gasteiger partial charge in [-0.3, -0.25) is 9.59 Å². The van der Waals surface area contributed by atoms with Gasteiger partial charge in [-0.15, -0.1) is 0 Å². The van der Waals surface area contributed by atoms with E-state index in [1.807, 2.05) is 47.8 Å². The number of hydrogen-bond donors (Lipinski definition) is 0. The van der Waals surface area contributed by atoms with Gasteiger partial charge in [0.2, 0.25) is 5.91 Å². The summed E-state index contributed by atoms with van der Waals surface area (Å²) in [4.78, 5) is 26.8. The molecule has 3 aromatic rings. The summed E-state index contributed by atoms with van der Waals surface area (Å²) >= 11 is 0. The fourth-order valence-electron chi connectivity index (χ4n) is 4.30. The number of pyridine rings is 1. The minimum atomic E-state index is -0.0537. The number of rotatable bonds is 5. The fraction of sp³-hybridized carbons (Fsp3) is 0.391. The number of carbonyl (C=O) groups excluding carboxylic acids is 1. The Hall–Kier alpha value is -3.02. The van der Waals surface area contributed by atoms with Crippen LogP contribution in [0.2, 0.25) is 0 Å². The Morgan fingerprint density at radius 3 is 2.66 bits per heavy atom. The summed E-state index contributed by atoms with van der Waals surface area (Å²) in [7, 11) is 2.00. The SMILES string of the molecule is Cc1cc(OC2CN(C(=O)Cc3cn(C)c4ccccc34)C2)cc(=O)n1C1CC1. The summed E-state index contributed by atoms with van der Waals surface area (Å²) in [6.45, 7) is 3.08. The number of fused-ring (bicyclic) bond motifs is 1. The molecular weight excluding hydrogens is 366 g/mol. The Labute approximate surface area is 169 Å². The van der Waals surface area contributed by atoms with Gasteiger partial charge in [-0.25, -0.2) is 0 Å². The highest BCUT2D eigenvalue weighted by Crippen LogP contribution is 2.35. The molecule has 2 fully saturated rings. The van der Waals surface area contributed by atoms with Crippen LogP contribution in [0.5, 0.6) is 5.75 Å². The van der Waals surface area contributed by atoms with Crippen LogP contribution in [0.15, 0.2) is 47.4 Å². The maximum atomic E-state index is 12.7. The van der Waals surface area contributed by atoms with Crippen LogP contribution in [0, 0.1) is 6.92 Å². The number of aryl methyl sites for hydroxylation is 2. The van der Waals surface area contributed by atoms with Crippen molar-refractivity contribution in [1.29, 1.82) is 0 Å². The third kappa shape index (κ3) is 3.33. The van der Waals surface area contributed by atoms with Crippen LogP contribution in [0.1, 0.15) is 30.1 Å². The van der Waals surface area contributed by atoms with Crippen molar-refractivity contribution >= 4 is 16.8 Å². The van der Waals surface area contributed by atoms with E-state index in [9.17, 15) is 9.59 Å². The molecule has 2 aromatic heterocycles. The van der Waals surface area contributed by atoms with Crippen molar-refractivity contribution in [2.24, 2.45) is 7.05 Å². The van der Waals surface area contributed by atoms with Crippen LogP contribution >= 0.6 is 0 Å². The molecule has 1 saturated carbocycles. The van der Waals surface area contributed by atoms with Crippen molar-refractivity contribution < 1.29 is 9.53 Å². The maximum absolute atomic E-state index is 12.7. The van der Waals surface area contributed by atoms with Gasteiger partial charge in [-0.05, 0) is 37.5 Å². The lowest BCUT2D eigenvalue weighted by atomic mass is 10.1. The average molecular weight is 391 g/mol. The number of likely N-dealkylation sites (tertiary alicyclic amines) is 1. The van der Waals surface area contributed by atoms with Crippen LogP contribution in [-0.4, -0.2) is 39.1 Å². The molecule has 1 aliphatic carbocycles. The Morgan fingerprint density at radius 1 is 1.17 bits per heavy atom. The zero-order chi connectivity index (χ0) is 20.1. The van der Waals surface area contributed by atoms with E-state index in [0.717, 1.165) is 35.0 Å². The van der Waals surface area contributed by atoms with Gasteiger partial charge in [0.25, 0.3) is 5.56 Å². The quantitative estimate of drug-likeness (QED) is 0.672. The van der Waals surface area contributed by atoms with E-state index in [1.54, 1.807) is 6.07 Å². The van der Waals surface area contributed by atoms with Crippen LogP contribution < -0.4 is 10.3 Å². The standard InChI is InChI=1S/C23H25N3O3/c1-15-9-18(11-23(28)26(15)17-7-8-17)29-19-13-25(14-19)22(27)10-16-12-24(2)21-6-4-3-5-20(16)21/h3-6,9,11-12,17,19H,7-8,10,13-14H2,1-2H3. The van der Waals surface area contributed by atoms with E-state index in [-0.39, 0.29) is 17.6 Å². The third-order valence-electron chi connectivity index (χ3n) is 5.97. The maximum Gasteiger partial charge on any atom is 0.254 e. The van der Waals surface area contributed by atoms with Gasteiger partial charge in [0.05, 0.1) is 19.5 Å². The van der Waals surface area contributed by atoms with E-state index >= 15 is 0 Å². The minimum absolute atomic E-state index is 0.00529. The Morgan fingerprint density at radius 2 is 1.93 bits per heavy atom. The smallest absolute Gasteiger partial charge is 0.254 e. The van der Waals surface area contributed by atoms with E-state index in [1.165, 1.54) is 0 Å². The number of ether oxygens (including phenoxy) is 1. The monoisotopic (exact) mass is 391 g/mol. The molecular formula is C23H25N3O3. The molecule has 6 nitrogen and oxygen atoms in total. The lowest BCUT2D eigenvalue weighted by molar-refractivity contribution is -0.139. The summed E-state index contributed by atoms with van der Waals surface area (Å²) in [5, 5.41) is 1.13. The molecule has 2 aliphatic rings. The van der Waals surface area contributed by atoms with E-state index in [0.29, 0.717) is 31.3 Å². The number of benzene rings is 1. The molecule has 150 valence electrons. The van der Waals surface area contributed by atoms with Crippen LogP contribution in [-0.2, 0) is 18.3 Å². The zero-order valence-corrected chi connectivity index (χ0v) is 16.8. The number of aromatic nitrogens is 2. The number of amides is 1. The number of hydrogen-bond acceptors (Lipinski definition) is 3. The highest BCUT2D eigenvalue weighted by atomic mass is 16.5. The first-order valence-electron chi connectivity index (χ1n) is 10.2. The molecule has 0 atom stereocenters. The molecule has 6 heteroatoms. The van der Waals surface area contributed by atoms with E-state index in [2.05, 4.69) is 16.7 Å².